The molecule has 0 aliphatic heterocycles. The van der Waals surface area contributed by atoms with E-state index in [9.17, 15) is 0 Å². The van der Waals surface area contributed by atoms with Crippen LogP contribution >= 0.6 is 0 Å². The van der Waals surface area contributed by atoms with Crippen molar-refractivity contribution in [3.63, 3.8) is 0 Å². The third-order valence-corrected chi connectivity index (χ3v) is 1.11. The minimum absolute atomic E-state index is 0.470. The van der Waals surface area contributed by atoms with Crippen LogP contribution in [0.1, 0.15) is 27.7 Å². The Bertz CT molecular complexity index is 69.7. The average molecular weight is 144 g/mol. The van der Waals surface area contributed by atoms with Crippen LogP contribution in [-0.4, -0.2) is 17.6 Å². The lowest BCUT2D eigenvalue weighted by molar-refractivity contribution is 0.321. The number of hydrogen-bond donors (Lipinski definition) is 1. The lowest BCUT2D eigenvalue weighted by atomic mass is 10.4. The lowest BCUT2D eigenvalue weighted by Crippen LogP contribution is -2.30. The molecule has 0 aliphatic rings. The highest BCUT2D eigenvalue weighted by atomic mass is 15.2. The summed E-state index contributed by atoms with van der Waals surface area (Å²) in [6, 6.07) is 0.470. The van der Waals surface area contributed by atoms with Crippen LogP contribution in [0.5, 0.6) is 0 Å². The van der Waals surface area contributed by atoms with E-state index >= 15 is 0 Å². The number of nitrogens with two attached hydrogens (primary N) is 1. The van der Waals surface area contributed by atoms with Gasteiger partial charge in [-0.05, 0) is 20.0 Å². The van der Waals surface area contributed by atoms with E-state index in [0.717, 1.165) is 0 Å². The highest BCUT2D eigenvalue weighted by Crippen LogP contribution is 1.92. The second-order valence-corrected chi connectivity index (χ2v) is 1.97. The third-order valence-electron chi connectivity index (χ3n) is 1.11. The van der Waals surface area contributed by atoms with Gasteiger partial charge in [0.15, 0.2) is 0 Å². The van der Waals surface area contributed by atoms with E-state index in [1.54, 1.807) is 6.20 Å². The molecule has 0 unspecified atom stereocenters. The summed E-state index contributed by atoms with van der Waals surface area (Å²) in [6.07, 6.45) is 1.75. The van der Waals surface area contributed by atoms with Crippen LogP contribution in [0.4, 0.5) is 0 Å². The molecule has 10 heavy (non-hydrogen) atoms. The summed E-state index contributed by atoms with van der Waals surface area (Å²) in [7, 11) is 0. The number of nitrogens with zero attached hydrogens (tertiary/aromatic N) is 1. The Morgan fingerprint density at radius 3 is 1.90 bits per heavy atom. The van der Waals surface area contributed by atoms with Gasteiger partial charge >= 0.3 is 0 Å². The summed E-state index contributed by atoms with van der Waals surface area (Å²) in [4.78, 5) is 1.96. The van der Waals surface area contributed by atoms with E-state index in [1.807, 2.05) is 18.7 Å². The van der Waals surface area contributed by atoms with Crippen molar-refractivity contribution >= 4 is 0 Å². The van der Waals surface area contributed by atoms with Gasteiger partial charge in [0.1, 0.15) is 0 Å². The molecule has 2 heteroatoms. The zero-order chi connectivity index (χ0) is 8.57. The summed E-state index contributed by atoms with van der Waals surface area (Å²) >= 11 is 0. The van der Waals surface area contributed by atoms with Crippen molar-refractivity contribution in [2.24, 2.45) is 5.73 Å². The molecule has 0 aromatic carbocycles. The Kier molecular flexibility index (Phi) is 10.4. The molecule has 0 atom stereocenters. The van der Waals surface area contributed by atoms with Crippen molar-refractivity contribution in [1.82, 2.24) is 4.90 Å². The van der Waals surface area contributed by atoms with Crippen LogP contribution in [0.2, 0.25) is 0 Å². The van der Waals surface area contributed by atoms with Gasteiger partial charge in [-0.2, -0.15) is 0 Å². The van der Waals surface area contributed by atoms with Crippen molar-refractivity contribution in [2.75, 3.05) is 6.67 Å². The van der Waals surface area contributed by atoms with Gasteiger partial charge in [-0.1, -0.05) is 20.4 Å². The minimum atomic E-state index is 0.470. The molecular formula is C8H20N2. The lowest BCUT2D eigenvalue weighted by Gasteiger charge is -2.21. The van der Waals surface area contributed by atoms with Crippen LogP contribution in [0.25, 0.3) is 0 Å². The first-order chi connectivity index (χ1) is 4.72. The maximum Gasteiger partial charge on any atom is 0.0654 e. The smallest absolute Gasteiger partial charge is 0.0654 e. The van der Waals surface area contributed by atoms with Crippen molar-refractivity contribution in [3.8, 4) is 0 Å². The summed E-state index contributed by atoms with van der Waals surface area (Å²) in [5.74, 6) is 0. The van der Waals surface area contributed by atoms with Crippen molar-refractivity contribution in [2.45, 2.75) is 33.7 Å². The van der Waals surface area contributed by atoms with Gasteiger partial charge in [0.05, 0.1) is 6.67 Å². The summed E-state index contributed by atoms with van der Waals surface area (Å²) < 4.78 is 0. The highest BCUT2D eigenvalue weighted by Gasteiger charge is 1.97. The molecule has 0 heterocycles. The molecule has 0 rings (SSSR count). The topological polar surface area (TPSA) is 29.3 Å². The highest BCUT2D eigenvalue weighted by molar-refractivity contribution is 4.71. The zero-order valence-corrected chi connectivity index (χ0v) is 7.59. The molecule has 0 bridgehead atoms. The molecule has 0 saturated heterocycles. The maximum atomic E-state index is 5.34. The molecule has 0 aliphatic carbocycles. The van der Waals surface area contributed by atoms with E-state index in [1.165, 1.54) is 0 Å². The summed E-state index contributed by atoms with van der Waals surface area (Å²) in [5, 5.41) is 0. The molecule has 0 aromatic heterocycles. The standard InChI is InChI=1S/C6H14N2.C2H6/c1-4-8(5-7)6(2)3;1-2/h4,6H,1,5,7H2,2-3H3;1-2H3. The fraction of sp³-hybridized carbons (Fsp3) is 0.750. The zero-order valence-electron chi connectivity index (χ0n) is 7.59. The van der Waals surface area contributed by atoms with E-state index in [4.69, 9.17) is 5.73 Å². The normalized spacial score (nSPS) is 8.20. The Morgan fingerprint density at radius 2 is 1.90 bits per heavy atom. The Hall–Kier alpha value is -0.500. The fourth-order valence-corrected chi connectivity index (χ4v) is 0.496. The molecule has 2 nitrogen and oxygen atoms in total. The molecular weight excluding hydrogens is 124 g/mol. The minimum Gasteiger partial charge on any atom is -0.363 e. The van der Waals surface area contributed by atoms with Crippen molar-refractivity contribution < 1.29 is 0 Å². The van der Waals surface area contributed by atoms with E-state index in [2.05, 4.69) is 20.4 Å². The van der Waals surface area contributed by atoms with E-state index < -0.39 is 0 Å². The predicted octanol–water partition coefficient (Wildman–Crippen LogP) is 1.78. The first-order valence-corrected chi connectivity index (χ1v) is 3.80. The van der Waals surface area contributed by atoms with Crippen LogP contribution in [0, 0.1) is 0 Å². The van der Waals surface area contributed by atoms with Gasteiger partial charge in [-0.15, -0.1) is 0 Å². The van der Waals surface area contributed by atoms with Gasteiger partial charge in [0, 0.05) is 6.04 Å². The van der Waals surface area contributed by atoms with Crippen LogP contribution < -0.4 is 5.73 Å². The molecule has 0 fully saturated rings. The Morgan fingerprint density at radius 1 is 1.50 bits per heavy atom. The second kappa shape index (κ2) is 8.50. The number of rotatable bonds is 3. The largest absolute Gasteiger partial charge is 0.363 e. The predicted molar refractivity (Wildman–Crippen MR) is 47.6 cm³/mol. The van der Waals surface area contributed by atoms with Crippen LogP contribution in [0.3, 0.4) is 0 Å². The van der Waals surface area contributed by atoms with Gasteiger partial charge in [0.25, 0.3) is 0 Å². The van der Waals surface area contributed by atoms with Crippen LogP contribution in [0.15, 0.2) is 12.8 Å². The van der Waals surface area contributed by atoms with Crippen LogP contribution in [-0.2, 0) is 0 Å². The quantitative estimate of drug-likeness (QED) is 0.612. The van der Waals surface area contributed by atoms with Crippen molar-refractivity contribution in [1.29, 1.82) is 0 Å². The molecule has 2 N–H and O–H groups in total. The molecule has 0 spiro atoms. The molecule has 0 saturated carbocycles. The summed E-state index contributed by atoms with van der Waals surface area (Å²) in [5.41, 5.74) is 5.34. The Balaban J connectivity index is 0. The van der Waals surface area contributed by atoms with E-state index in [-0.39, 0.29) is 0 Å². The third kappa shape index (κ3) is 5.63. The first kappa shape index (κ1) is 12.2. The van der Waals surface area contributed by atoms with E-state index in [0.29, 0.717) is 12.7 Å². The maximum absolute atomic E-state index is 5.34. The van der Waals surface area contributed by atoms with Gasteiger partial charge in [-0.25, -0.2) is 0 Å². The summed E-state index contributed by atoms with van der Waals surface area (Å²) in [6.45, 7) is 12.3. The first-order valence-electron chi connectivity index (χ1n) is 3.80. The molecule has 0 amide bonds. The average Bonchev–Trinajstić information content (AvgIpc) is 1.94. The SMILES string of the molecule is C=CN(CN)C(C)C.CC. The van der Waals surface area contributed by atoms with Gasteiger partial charge in [0.2, 0.25) is 0 Å². The fourth-order valence-electron chi connectivity index (χ4n) is 0.496. The monoisotopic (exact) mass is 144 g/mol. The van der Waals surface area contributed by atoms with Crippen molar-refractivity contribution in [3.05, 3.63) is 12.8 Å². The molecule has 0 radical (unpaired) electrons. The van der Waals surface area contributed by atoms with Gasteiger partial charge < -0.3 is 10.6 Å². The molecule has 62 valence electrons. The molecule has 0 aromatic rings. The second-order valence-electron chi connectivity index (χ2n) is 1.97. The van der Waals surface area contributed by atoms with Gasteiger partial charge in [-0.3, -0.25) is 0 Å². The number of hydrogen-bond acceptors (Lipinski definition) is 2. The Labute approximate surface area is 64.7 Å².